The monoisotopic (exact) mass is 257 g/mol. The minimum Gasteiger partial charge on any atom is -0.486 e. The van der Waals surface area contributed by atoms with E-state index in [4.69, 9.17) is 15.2 Å². The minimum atomic E-state index is 0.145. The van der Waals surface area contributed by atoms with Gasteiger partial charge in [-0.2, -0.15) is 0 Å². The fourth-order valence-electron chi connectivity index (χ4n) is 1.40. The molecule has 1 fully saturated rings. The summed E-state index contributed by atoms with van der Waals surface area (Å²) in [6.07, 6.45) is 1.08. The van der Waals surface area contributed by atoms with Crippen LogP contribution in [0.1, 0.15) is 6.42 Å². The molecule has 2 rings (SSSR count). The number of hydrogen-bond acceptors (Lipinski definition) is 3. The molecule has 4 heteroatoms. The van der Waals surface area contributed by atoms with Crippen LogP contribution in [0.15, 0.2) is 22.7 Å². The molecule has 1 aromatic rings. The molecule has 0 aromatic heterocycles. The van der Waals surface area contributed by atoms with Crippen molar-refractivity contribution in [3.63, 3.8) is 0 Å². The molecule has 0 amide bonds. The smallest absolute Gasteiger partial charge is 0.143 e. The van der Waals surface area contributed by atoms with Crippen molar-refractivity contribution in [1.29, 1.82) is 0 Å². The summed E-state index contributed by atoms with van der Waals surface area (Å²) in [6.45, 7) is 1.44. The maximum atomic E-state index is 5.78. The Morgan fingerprint density at radius 3 is 3.07 bits per heavy atom. The second-order valence-electron chi connectivity index (χ2n) is 3.29. The molecule has 1 saturated heterocycles. The summed E-state index contributed by atoms with van der Waals surface area (Å²) in [5.74, 6) is 0.731. The maximum absolute atomic E-state index is 5.78. The van der Waals surface area contributed by atoms with Crippen molar-refractivity contribution in [2.75, 3.05) is 18.9 Å². The van der Waals surface area contributed by atoms with Gasteiger partial charge in [0.1, 0.15) is 11.9 Å². The van der Waals surface area contributed by atoms with Gasteiger partial charge in [-0.1, -0.05) is 15.9 Å². The standard InChI is InChI=1S/C10H12BrNO2/c11-7-1-2-9(12)10(5-7)14-8-3-4-13-6-8/h1-2,5,8H,3-4,6,12H2/t8-/m0/s1. The number of rotatable bonds is 2. The summed E-state index contributed by atoms with van der Waals surface area (Å²) in [5.41, 5.74) is 6.45. The van der Waals surface area contributed by atoms with Crippen molar-refractivity contribution in [2.24, 2.45) is 0 Å². The second kappa shape index (κ2) is 4.19. The van der Waals surface area contributed by atoms with Gasteiger partial charge in [0.2, 0.25) is 0 Å². The van der Waals surface area contributed by atoms with Crippen LogP contribution in [-0.2, 0) is 4.74 Å². The Labute approximate surface area is 91.3 Å². The molecule has 14 heavy (non-hydrogen) atoms. The molecule has 1 atom stereocenters. The Morgan fingerprint density at radius 1 is 1.50 bits per heavy atom. The summed E-state index contributed by atoms with van der Waals surface area (Å²) < 4.78 is 11.9. The van der Waals surface area contributed by atoms with Gasteiger partial charge >= 0.3 is 0 Å². The van der Waals surface area contributed by atoms with Crippen LogP contribution < -0.4 is 10.5 Å². The van der Waals surface area contributed by atoms with Crippen LogP contribution in [0, 0.1) is 0 Å². The number of nitrogens with two attached hydrogens (primary N) is 1. The Kier molecular flexibility index (Phi) is 2.93. The van der Waals surface area contributed by atoms with Gasteiger partial charge < -0.3 is 15.2 Å². The molecule has 76 valence electrons. The van der Waals surface area contributed by atoms with E-state index in [0.29, 0.717) is 12.3 Å². The lowest BCUT2D eigenvalue weighted by Crippen LogP contribution is -2.16. The highest BCUT2D eigenvalue weighted by molar-refractivity contribution is 9.10. The Hall–Kier alpha value is -0.740. The highest BCUT2D eigenvalue weighted by atomic mass is 79.9. The average molecular weight is 258 g/mol. The van der Waals surface area contributed by atoms with Crippen LogP contribution in [-0.4, -0.2) is 19.3 Å². The molecular weight excluding hydrogens is 246 g/mol. The fourth-order valence-corrected chi connectivity index (χ4v) is 1.74. The molecule has 0 aliphatic carbocycles. The van der Waals surface area contributed by atoms with Crippen LogP contribution >= 0.6 is 15.9 Å². The highest BCUT2D eigenvalue weighted by Gasteiger charge is 2.18. The lowest BCUT2D eigenvalue weighted by molar-refractivity contribution is 0.142. The summed E-state index contributed by atoms with van der Waals surface area (Å²) >= 11 is 3.38. The number of anilines is 1. The fraction of sp³-hybridized carbons (Fsp3) is 0.400. The van der Waals surface area contributed by atoms with Crippen LogP contribution in [0.2, 0.25) is 0 Å². The third-order valence-corrected chi connectivity index (χ3v) is 2.65. The van der Waals surface area contributed by atoms with Crippen LogP contribution in [0.25, 0.3) is 0 Å². The molecule has 0 bridgehead atoms. The van der Waals surface area contributed by atoms with E-state index in [0.717, 1.165) is 23.2 Å². The van der Waals surface area contributed by atoms with Crippen molar-refractivity contribution in [3.8, 4) is 5.75 Å². The summed E-state index contributed by atoms with van der Waals surface area (Å²) in [6, 6.07) is 5.61. The molecule has 1 heterocycles. The van der Waals surface area contributed by atoms with Gasteiger partial charge in [-0.3, -0.25) is 0 Å². The average Bonchev–Trinajstić information content (AvgIpc) is 2.64. The predicted octanol–water partition coefficient (Wildman–Crippen LogP) is 2.20. The molecular formula is C10H12BrNO2. The molecule has 3 nitrogen and oxygen atoms in total. The zero-order valence-electron chi connectivity index (χ0n) is 7.70. The lowest BCUT2D eigenvalue weighted by Gasteiger charge is -2.13. The van der Waals surface area contributed by atoms with E-state index < -0.39 is 0 Å². The van der Waals surface area contributed by atoms with E-state index in [-0.39, 0.29) is 6.10 Å². The third-order valence-electron chi connectivity index (χ3n) is 2.16. The molecule has 0 spiro atoms. The quantitative estimate of drug-likeness (QED) is 0.827. The van der Waals surface area contributed by atoms with Gasteiger partial charge in [0.15, 0.2) is 0 Å². The largest absolute Gasteiger partial charge is 0.486 e. The molecule has 1 aliphatic rings. The SMILES string of the molecule is Nc1ccc(Br)cc1O[C@H]1CCOC1. The van der Waals surface area contributed by atoms with Crippen LogP contribution in [0.3, 0.4) is 0 Å². The molecule has 0 saturated carbocycles. The van der Waals surface area contributed by atoms with E-state index in [9.17, 15) is 0 Å². The minimum absolute atomic E-state index is 0.145. The molecule has 1 aliphatic heterocycles. The van der Waals surface area contributed by atoms with E-state index in [2.05, 4.69) is 15.9 Å². The Morgan fingerprint density at radius 2 is 2.36 bits per heavy atom. The highest BCUT2D eigenvalue weighted by Crippen LogP contribution is 2.27. The van der Waals surface area contributed by atoms with Crippen molar-refractivity contribution in [1.82, 2.24) is 0 Å². The first-order chi connectivity index (χ1) is 6.75. The third kappa shape index (κ3) is 2.19. The summed E-state index contributed by atoms with van der Waals surface area (Å²) in [4.78, 5) is 0. The van der Waals surface area contributed by atoms with E-state index in [1.165, 1.54) is 0 Å². The zero-order valence-corrected chi connectivity index (χ0v) is 9.29. The second-order valence-corrected chi connectivity index (χ2v) is 4.20. The first-order valence-corrected chi connectivity index (χ1v) is 5.34. The maximum Gasteiger partial charge on any atom is 0.143 e. The molecule has 2 N–H and O–H groups in total. The van der Waals surface area contributed by atoms with Crippen LogP contribution in [0.4, 0.5) is 5.69 Å². The lowest BCUT2D eigenvalue weighted by atomic mass is 10.3. The van der Waals surface area contributed by atoms with Gasteiger partial charge in [0.05, 0.1) is 18.9 Å². The topological polar surface area (TPSA) is 44.5 Å². The number of halogens is 1. The first-order valence-electron chi connectivity index (χ1n) is 4.55. The number of ether oxygens (including phenoxy) is 2. The van der Waals surface area contributed by atoms with Gasteiger partial charge in [-0.25, -0.2) is 0 Å². The summed E-state index contributed by atoms with van der Waals surface area (Å²) in [7, 11) is 0. The van der Waals surface area contributed by atoms with Gasteiger partial charge in [0, 0.05) is 10.9 Å². The number of hydrogen-bond donors (Lipinski definition) is 1. The van der Waals surface area contributed by atoms with Gasteiger partial charge in [0.25, 0.3) is 0 Å². The normalized spacial score (nSPS) is 21.1. The number of benzene rings is 1. The molecule has 1 aromatic carbocycles. The van der Waals surface area contributed by atoms with Crippen molar-refractivity contribution in [2.45, 2.75) is 12.5 Å². The zero-order chi connectivity index (χ0) is 9.97. The van der Waals surface area contributed by atoms with E-state index >= 15 is 0 Å². The van der Waals surface area contributed by atoms with Crippen molar-refractivity contribution < 1.29 is 9.47 Å². The summed E-state index contributed by atoms with van der Waals surface area (Å²) in [5, 5.41) is 0. The van der Waals surface area contributed by atoms with Crippen molar-refractivity contribution >= 4 is 21.6 Å². The van der Waals surface area contributed by atoms with Gasteiger partial charge in [-0.05, 0) is 18.2 Å². The van der Waals surface area contributed by atoms with E-state index in [1.807, 2.05) is 18.2 Å². The number of nitrogen functional groups attached to an aromatic ring is 1. The Bertz CT molecular complexity index is 324. The van der Waals surface area contributed by atoms with Crippen LogP contribution in [0.5, 0.6) is 5.75 Å². The van der Waals surface area contributed by atoms with E-state index in [1.54, 1.807) is 0 Å². The first kappa shape index (κ1) is 9.80. The Balaban J connectivity index is 2.10. The van der Waals surface area contributed by atoms with Crippen molar-refractivity contribution in [3.05, 3.63) is 22.7 Å². The predicted molar refractivity (Wildman–Crippen MR) is 58.4 cm³/mol. The molecule has 0 radical (unpaired) electrons. The van der Waals surface area contributed by atoms with Gasteiger partial charge in [-0.15, -0.1) is 0 Å². The molecule has 0 unspecified atom stereocenters.